The van der Waals surface area contributed by atoms with E-state index < -0.39 is 6.10 Å². The number of ether oxygens (including phenoxy) is 3. The summed E-state index contributed by atoms with van der Waals surface area (Å²) in [6, 6.07) is 0. The van der Waals surface area contributed by atoms with Gasteiger partial charge in [0.25, 0.3) is 0 Å². The Balaban J connectivity index is 4.51. The van der Waals surface area contributed by atoms with E-state index in [0.29, 0.717) is 19.3 Å². The minimum absolute atomic E-state index is 0.109. The van der Waals surface area contributed by atoms with Gasteiger partial charge in [0.1, 0.15) is 13.2 Å². The molecular formula is C69H112O6. The molecule has 0 aromatic rings. The van der Waals surface area contributed by atoms with Gasteiger partial charge in [-0.15, -0.1) is 0 Å². The molecule has 75 heavy (non-hydrogen) atoms. The third-order valence-electron chi connectivity index (χ3n) is 12.6. The van der Waals surface area contributed by atoms with Crippen LogP contribution in [0.2, 0.25) is 0 Å². The summed E-state index contributed by atoms with van der Waals surface area (Å²) in [5.41, 5.74) is 0. The topological polar surface area (TPSA) is 78.9 Å². The third-order valence-corrected chi connectivity index (χ3v) is 12.6. The second-order valence-electron chi connectivity index (χ2n) is 19.8. The van der Waals surface area contributed by atoms with Gasteiger partial charge in [-0.1, -0.05) is 251 Å². The van der Waals surface area contributed by atoms with E-state index in [0.717, 1.165) is 128 Å². The van der Waals surface area contributed by atoms with E-state index in [1.54, 1.807) is 0 Å². The number of esters is 3. The summed E-state index contributed by atoms with van der Waals surface area (Å²) in [6.45, 7) is 6.35. The normalized spacial score (nSPS) is 13.1. The Morgan fingerprint density at radius 2 is 0.533 bits per heavy atom. The first kappa shape index (κ1) is 70.5. The van der Waals surface area contributed by atoms with Gasteiger partial charge >= 0.3 is 17.9 Å². The Kier molecular flexibility index (Phi) is 58.4. The minimum atomic E-state index is -0.816. The first-order chi connectivity index (χ1) is 37.0. The van der Waals surface area contributed by atoms with Crippen molar-refractivity contribution in [2.75, 3.05) is 13.2 Å². The highest BCUT2D eigenvalue weighted by molar-refractivity contribution is 5.71. The minimum Gasteiger partial charge on any atom is -0.462 e. The number of carbonyl (C=O) groups excluding carboxylic acids is 3. The van der Waals surface area contributed by atoms with Crippen molar-refractivity contribution in [1.29, 1.82) is 0 Å². The van der Waals surface area contributed by atoms with Crippen LogP contribution in [0.25, 0.3) is 0 Å². The molecule has 0 fully saturated rings. The summed E-state index contributed by atoms with van der Waals surface area (Å²) in [5.74, 6) is -0.988. The average Bonchev–Trinajstić information content (AvgIpc) is 3.41. The molecule has 6 heteroatoms. The van der Waals surface area contributed by atoms with Crippen LogP contribution in [0.5, 0.6) is 0 Å². The van der Waals surface area contributed by atoms with Crippen LogP contribution >= 0.6 is 0 Å². The molecule has 0 aliphatic heterocycles. The van der Waals surface area contributed by atoms with Crippen molar-refractivity contribution in [3.63, 3.8) is 0 Å². The molecule has 0 aromatic heterocycles. The van der Waals surface area contributed by atoms with Gasteiger partial charge in [-0.25, -0.2) is 0 Å². The van der Waals surface area contributed by atoms with Gasteiger partial charge in [0, 0.05) is 19.3 Å². The summed E-state index contributed by atoms with van der Waals surface area (Å²) in [6.07, 6.45) is 87.4. The maximum Gasteiger partial charge on any atom is 0.306 e. The molecule has 1 unspecified atom stereocenters. The fourth-order valence-corrected chi connectivity index (χ4v) is 8.09. The summed E-state index contributed by atoms with van der Waals surface area (Å²) in [5, 5.41) is 0. The lowest BCUT2D eigenvalue weighted by molar-refractivity contribution is -0.167. The number of rotatable bonds is 54. The zero-order chi connectivity index (χ0) is 54.3. The lowest BCUT2D eigenvalue weighted by atomic mass is 10.1. The van der Waals surface area contributed by atoms with Crippen LogP contribution in [-0.4, -0.2) is 37.2 Å². The zero-order valence-electron chi connectivity index (χ0n) is 48.5. The van der Waals surface area contributed by atoms with Crippen molar-refractivity contribution in [2.24, 2.45) is 0 Å². The van der Waals surface area contributed by atoms with E-state index in [1.807, 2.05) is 0 Å². The van der Waals surface area contributed by atoms with Crippen molar-refractivity contribution in [1.82, 2.24) is 0 Å². The number of unbranched alkanes of at least 4 members (excludes halogenated alkanes) is 21. The summed E-state index contributed by atoms with van der Waals surface area (Å²) < 4.78 is 16.8. The van der Waals surface area contributed by atoms with E-state index in [9.17, 15) is 14.4 Å². The maximum atomic E-state index is 12.9. The van der Waals surface area contributed by atoms with Crippen molar-refractivity contribution in [3.05, 3.63) is 134 Å². The Morgan fingerprint density at radius 3 is 0.880 bits per heavy atom. The predicted molar refractivity (Wildman–Crippen MR) is 325 cm³/mol. The third kappa shape index (κ3) is 60.3. The SMILES string of the molecule is CC/C=C\C/C=C\C/C=C\C/C=C\C/C=C\C/C=C\C/C=C\CCCC(=O)OCC(COC(=O)CCCCCCC/C=C\C/C=C\C/C=C\CC)OC(=O)CCCCCCCCCCC/C=C\CCCCCCCC. The second-order valence-corrected chi connectivity index (χ2v) is 19.8. The molecule has 424 valence electrons. The Morgan fingerprint density at radius 1 is 0.280 bits per heavy atom. The quantitative estimate of drug-likeness (QED) is 0.0261. The van der Waals surface area contributed by atoms with Gasteiger partial charge in [0.2, 0.25) is 0 Å². The number of hydrogen-bond acceptors (Lipinski definition) is 6. The standard InChI is InChI=1S/C69H112O6/c1-4-7-10-13-16-19-22-25-28-30-32-33-34-35-37-38-41-44-47-50-53-56-59-62-68(71)74-65-66(64-73-67(70)61-58-55-52-49-46-43-40-27-24-21-18-15-12-9-6-3)75-69(72)63-60-57-54-51-48-45-42-39-36-31-29-26-23-20-17-14-11-8-5-2/h7,9-10,12,16,18-19,21,25-29,32-33,35,37,40-41,44,50,53,66H,4-6,8,11,13-15,17,20,22-24,30-31,34,36,38-39,42-43,45-49,51-52,54-65H2,1-3H3/b10-7-,12-9-,19-16-,21-18-,28-25-,29-26-,33-32-,37-35-,40-27-,44-41-,53-50-. The fourth-order valence-electron chi connectivity index (χ4n) is 8.09. The lowest BCUT2D eigenvalue weighted by Gasteiger charge is -2.18. The molecule has 0 heterocycles. The molecule has 6 nitrogen and oxygen atoms in total. The Bertz CT molecular complexity index is 1620. The summed E-state index contributed by atoms with van der Waals surface area (Å²) in [7, 11) is 0. The highest BCUT2D eigenvalue weighted by Crippen LogP contribution is 2.15. The first-order valence-corrected chi connectivity index (χ1v) is 30.7. The van der Waals surface area contributed by atoms with Crippen LogP contribution in [0.4, 0.5) is 0 Å². The molecule has 0 aliphatic rings. The van der Waals surface area contributed by atoms with Crippen LogP contribution in [0, 0.1) is 0 Å². The van der Waals surface area contributed by atoms with Gasteiger partial charge in [-0.3, -0.25) is 14.4 Å². The molecule has 0 spiro atoms. The van der Waals surface area contributed by atoms with Crippen LogP contribution in [0.3, 0.4) is 0 Å². The number of hydrogen-bond donors (Lipinski definition) is 0. The highest BCUT2D eigenvalue weighted by atomic mass is 16.6. The first-order valence-electron chi connectivity index (χ1n) is 30.7. The molecule has 0 amide bonds. The molecule has 0 radical (unpaired) electrons. The van der Waals surface area contributed by atoms with Crippen molar-refractivity contribution < 1.29 is 28.6 Å². The molecule has 0 bridgehead atoms. The van der Waals surface area contributed by atoms with E-state index >= 15 is 0 Å². The maximum absolute atomic E-state index is 12.9. The fraction of sp³-hybridized carbons (Fsp3) is 0.638. The summed E-state index contributed by atoms with van der Waals surface area (Å²) in [4.78, 5) is 38.3. The van der Waals surface area contributed by atoms with Gasteiger partial charge in [0.05, 0.1) is 0 Å². The van der Waals surface area contributed by atoms with Crippen molar-refractivity contribution >= 4 is 17.9 Å². The van der Waals surface area contributed by atoms with Crippen LogP contribution < -0.4 is 0 Å². The number of allylic oxidation sites excluding steroid dienone is 22. The van der Waals surface area contributed by atoms with Crippen molar-refractivity contribution in [2.45, 2.75) is 271 Å². The second kappa shape index (κ2) is 62.1. The van der Waals surface area contributed by atoms with E-state index in [1.165, 1.54) is 89.9 Å². The van der Waals surface area contributed by atoms with E-state index in [2.05, 4.69) is 154 Å². The Hall–Kier alpha value is -4.45. The highest BCUT2D eigenvalue weighted by Gasteiger charge is 2.19. The predicted octanol–water partition coefficient (Wildman–Crippen LogP) is 21.0. The molecule has 0 saturated heterocycles. The zero-order valence-corrected chi connectivity index (χ0v) is 48.5. The molecular weight excluding hydrogens is 925 g/mol. The molecule has 0 N–H and O–H groups in total. The molecule has 0 rings (SSSR count). The lowest BCUT2D eigenvalue weighted by Crippen LogP contribution is -2.30. The van der Waals surface area contributed by atoms with Crippen LogP contribution in [0.1, 0.15) is 265 Å². The number of carbonyl (C=O) groups is 3. The largest absolute Gasteiger partial charge is 0.462 e. The molecule has 1 atom stereocenters. The van der Waals surface area contributed by atoms with Crippen molar-refractivity contribution in [3.8, 4) is 0 Å². The van der Waals surface area contributed by atoms with Gasteiger partial charge < -0.3 is 14.2 Å². The van der Waals surface area contributed by atoms with Gasteiger partial charge in [0.15, 0.2) is 6.10 Å². The van der Waals surface area contributed by atoms with Crippen LogP contribution in [-0.2, 0) is 28.6 Å². The monoisotopic (exact) mass is 1040 g/mol. The molecule has 0 saturated carbocycles. The summed E-state index contributed by atoms with van der Waals surface area (Å²) >= 11 is 0. The van der Waals surface area contributed by atoms with E-state index in [4.69, 9.17) is 14.2 Å². The molecule has 0 aliphatic carbocycles. The van der Waals surface area contributed by atoms with Gasteiger partial charge in [-0.2, -0.15) is 0 Å². The van der Waals surface area contributed by atoms with E-state index in [-0.39, 0.29) is 37.5 Å². The van der Waals surface area contributed by atoms with Crippen LogP contribution in [0.15, 0.2) is 134 Å². The smallest absolute Gasteiger partial charge is 0.306 e. The average molecular weight is 1040 g/mol. The molecule has 0 aromatic carbocycles. The Labute approximate surface area is 462 Å². The van der Waals surface area contributed by atoms with Gasteiger partial charge in [-0.05, 0) is 128 Å².